The maximum Gasteiger partial charge on any atom is 0.333 e. The van der Waals surface area contributed by atoms with Crippen LogP contribution in [0, 0.1) is 0 Å². The van der Waals surface area contributed by atoms with Gasteiger partial charge in [0, 0.05) is 30.0 Å². The molecule has 1 heterocycles. The van der Waals surface area contributed by atoms with Gasteiger partial charge in [0.1, 0.15) is 11.9 Å². The van der Waals surface area contributed by atoms with Crippen LogP contribution in [0.15, 0.2) is 18.2 Å². The lowest BCUT2D eigenvalue weighted by Gasteiger charge is -2.41. The number of hydrogen-bond acceptors (Lipinski definition) is 4. The smallest absolute Gasteiger partial charge is 0.333 e. The minimum Gasteiger partial charge on any atom is -0.462 e. The van der Waals surface area contributed by atoms with Crippen LogP contribution in [0.5, 0.6) is 5.75 Å². The third-order valence-electron chi connectivity index (χ3n) is 3.50. The Morgan fingerprint density at radius 3 is 2.62 bits per heavy atom. The largest absolute Gasteiger partial charge is 0.462 e. The molecule has 118 valence electrons. The van der Waals surface area contributed by atoms with E-state index in [4.69, 9.17) is 25.6 Å². The molecule has 0 aliphatic carbocycles. The summed E-state index contributed by atoms with van der Waals surface area (Å²) in [4.78, 5) is 0. The zero-order valence-corrected chi connectivity index (χ0v) is 13.4. The summed E-state index contributed by atoms with van der Waals surface area (Å²) in [5.74, 6) is -0.205. The second kappa shape index (κ2) is 6.10. The average molecular weight is 336 g/mol. The summed E-state index contributed by atoms with van der Waals surface area (Å²) in [5.41, 5.74) is 0.649. The topological polar surface area (TPSA) is 84.9 Å². The van der Waals surface area contributed by atoms with Crippen molar-refractivity contribution < 1.29 is 22.4 Å². The highest BCUT2D eigenvalue weighted by Gasteiger charge is 2.39. The van der Waals surface area contributed by atoms with Gasteiger partial charge in [0.25, 0.3) is 0 Å². The number of rotatable bonds is 5. The van der Waals surface area contributed by atoms with E-state index in [1.807, 2.05) is 18.6 Å². The Morgan fingerprint density at radius 1 is 1.38 bits per heavy atom. The molecule has 0 saturated carbocycles. The van der Waals surface area contributed by atoms with Gasteiger partial charge in [-0.1, -0.05) is 25.4 Å². The lowest BCUT2D eigenvalue weighted by atomic mass is 10.0. The molecular formula is C13H18ClNO5S. The molecule has 1 aliphatic rings. The highest BCUT2D eigenvalue weighted by molar-refractivity contribution is 7.83. The fourth-order valence-electron chi connectivity index (χ4n) is 2.30. The summed E-state index contributed by atoms with van der Waals surface area (Å²) in [6.07, 6.45) is 0.622. The number of halogens is 1. The molecule has 1 atom stereocenters. The van der Waals surface area contributed by atoms with E-state index in [9.17, 15) is 8.42 Å². The third-order valence-corrected chi connectivity index (χ3v) is 4.27. The molecule has 2 N–H and O–H groups in total. The summed E-state index contributed by atoms with van der Waals surface area (Å²) < 4.78 is 44.5. The minimum absolute atomic E-state index is 0.0999. The normalized spacial score (nSPS) is 20.7. The van der Waals surface area contributed by atoms with Crippen molar-refractivity contribution in [2.45, 2.75) is 38.6 Å². The van der Waals surface area contributed by atoms with Crippen molar-refractivity contribution in [3.05, 3.63) is 28.8 Å². The highest BCUT2D eigenvalue weighted by Crippen LogP contribution is 2.42. The van der Waals surface area contributed by atoms with Crippen LogP contribution in [0.4, 0.5) is 0 Å². The summed E-state index contributed by atoms with van der Waals surface area (Å²) in [7, 11) is -4.29. The van der Waals surface area contributed by atoms with Gasteiger partial charge in [-0.05, 0) is 18.2 Å². The van der Waals surface area contributed by atoms with E-state index >= 15 is 0 Å². The summed E-state index contributed by atoms with van der Waals surface area (Å²) in [5, 5.41) is 0.498. The van der Waals surface area contributed by atoms with Crippen molar-refractivity contribution in [1.29, 1.82) is 0 Å². The average Bonchev–Trinajstić information content (AvgIpc) is 2.44. The van der Waals surface area contributed by atoms with Crippen molar-refractivity contribution in [2.75, 3.05) is 6.54 Å². The molecule has 2 rings (SSSR count). The zero-order valence-electron chi connectivity index (χ0n) is 11.8. The fourth-order valence-corrected chi connectivity index (χ4v) is 2.85. The van der Waals surface area contributed by atoms with Gasteiger partial charge in [0.05, 0.1) is 0 Å². The van der Waals surface area contributed by atoms with E-state index in [2.05, 4.69) is 0 Å². The Morgan fingerprint density at radius 2 is 2.05 bits per heavy atom. The lowest BCUT2D eigenvalue weighted by Crippen LogP contribution is -2.45. The van der Waals surface area contributed by atoms with Gasteiger partial charge in [-0.15, -0.1) is 0 Å². The van der Waals surface area contributed by atoms with Crippen LogP contribution in [-0.2, 0) is 15.0 Å². The Labute approximate surface area is 129 Å². The number of hydrogen-bond donors (Lipinski definition) is 2. The van der Waals surface area contributed by atoms with E-state index in [-0.39, 0.29) is 6.54 Å². The quantitative estimate of drug-likeness (QED) is 0.808. The van der Waals surface area contributed by atoms with E-state index in [0.29, 0.717) is 29.2 Å². The molecule has 1 aromatic rings. The predicted molar refractivity (Wildman–Crippen MR) is 78.8 cm³/mol. The van der Waals surface area contributed by atoms with E-state index in [1.165, 1.54) is 0 Å². The predicted octanol–water partition coefficient (Wildman–Crippen LogP) is 2.70. The molecule has 0 bridgehead atoms. The monoisotopic (exact) mass is 335 g/mol. The second-order valence-electron chi connectivity index (χ2n) is 4.83. The number of ether oxygens (including phenoxy) is 2. The van der Waals surface area contributed by atoms with Crippen LogP contribution in [0.2, 0.25) is 5.02 Å². The van der Waals surface area contributed by atoms with Crippen LogP contribution in [-0.4, -0.2) is 25.3 Å². The van der Waals surface area contributed by atoms with E-state index < -0.39 is 22.2 Å². The van der Waals surface area contributed by atoms with Crippen LogP contribution in [0.25, 0.3) is 0 Å². The molecule has 21 heavy (non-hydrogen) atoms. The van der Waals surface area contributed by atoms with Crippen molar-refractivity contribution in [1.82, 2.24) is 4.72 Å². The number of nitrogens with one attached hydrogen (secondary N) is 1. The van der Waals surface area contributed by atoms with E-state index in [1.54, 1.807) is 18.2 Å². The van der Waals surface area contributed by atoms with E-state index in [0.717, 1.165) is 0 Å². The standard InChI is InChI=1S/C13H18ClNO5S/c1-3-13(4-2)19-11-6-5-9(14)7-10(11)12(20-13)8-15-21(16,17)18/h5-7,12,15H,3-4,8H2,1-2H3,(H,16,17,18)/t12-/m0/s1. The van der Waals surface area contributed by atoms with Crippen molar-refractivity contribution in [2.24, 2.45) is 0 Å². The maximum absolute atomic E-state index is 10.9. The molecule has 0 aromatic heterocycles. The SMILES string of the molecule is CCC1(CC)Oc2ccc(Cl)cc2[C@H](CNS(=O)(=O)O)O1. The zero-order chi connectivity index (χ0) is 15.7. The molecule has 1 aromatic carbocycles. The molecule has 0 amide bonds. The minimum atomic E-state index is -4.29. The van der Waals surface area contributed by atoms with Crippen LogP contribution >= 0.6 is 11.6 Å². The van der Waals surface area contributed by atoms with Crippen LogP contribution in [0.1, 0.15) is 38.4 Å². The molecule has 0 radical (unpaired) electrons. The van der Waals surface area contributed by atoms with Gasteiger partial charge < -0.3 is 9.47 Å². The second-order valence-corrected chi connectivity index (χ2v) is 6.51. The molecule has 0 unspecified atom stereocenters. The van der Waals surface area contributed by atoms with Gasteiger partial charge in [-0.2, -0.15) is 13.1 Å². The third kappa shape index (κ3) is 3.87. The van der Waals surface area contributed by atoms with Gasteiger partial charge in [0.15, 0.2) is 0 Å². The Balaban J connectivity index is 2.35. The van der Waals surface area contributed by atoms with Crippen LogP contribution in [0.3, 0.4) is 0 Å². The maximum atomic E-state index is 10.9. The first kappa shape index (κ1) is 16.5. The van der Waals surface area contributed by atoms with Gasteiger partial charge in [0.2, 0.25) is 5.79 Å². The lowest BCUT2D eigenvalue weighted by molar-refractivity contribution is -0.231. The molecule has 0 spiro atoms. The first-order valence-electron chi connectivity index (χ1n) is 6.67. The Bertz CT molecular complexity index is 615. The van der Waals surface area contributed by atoms with Gasteiger partial charge in [-0.25, -0.2) is 0 Å². The Hall–Kier alpha value is -0.860. The number of benzene rings is 1. The van der Waals surface area contributed by atoms with Gasteiger partial charge in [-0.3, -0.25) is 4.55 Å². The van der Waals surface area contributed by atoms with Crippen LogP contribution < -0.4 is 9.46 Å². The van der Waals surface area contributed by atoms with Crippen molar-refractivity contribution >= 4 is 21.9 Å². The summed E-state index contributed by atoms with van der Waals surface area (Å²) >= 11 is 5.97. The van der Waals surface area contributed by atoms with Crippen molar-refractivity contribution in [3.63, 3.8) is 0 Å². The first-order chi connectivity index (χ1) is 9.78. The molecule has 6 nitrogen and oxygen atoms in total. The Kier molecular flexibility index (Phi) is 4.79. The number of fused-ring (bicyclic) bond motifs is 1. The van der Waals surface area contributed by atoms with Gasteiger partial charge >= 0.3 is 10.3 Å². The molecule has 8 heteroatoms. The van der Waals surface area contributed by atoms with Crippen molar-refractivity contribution in [3.8, 4) is 5.75 Å². The first-order valence-corrected chi connectivity index (χ1v) is 8.48. The molecule has 0 saturated heterocycles. The summed E-state index contributed by atoms with van der Waals surface area (Å²) in [6, 6.07) is 5.11. The fraction of sp³-hybridized carbons (Fsp3) is 0.538. The summed E-state index contributed by atoms with van der Waals surface area (Å²) in [6.45, 7) is 3.76. The molecule has 0 fully saturated rings. The molecular weight excluding hydrogens is 318 g/mol. The molecule has 1 aliphatic heterocycles. The highest BCUT2D eigenvalue weighted by atomic mass is 35.5.